The van der Waals surface area contributed by atoms with Gasteiger partial charge in [0, 0.05) is 18.2 Å². The zero-order chi connectivity index (χ0) is 11.6. The second-order valence-electron chi connectivity index (χ2n) is 4.33. The van der Waals surface area contributed by atoms with Gasteiger partial charge in [-0.25, -0.2) is 9.97 Å². The van der Waals surface area contributed by atoms with Crippen LogP contribution in [0.15, 0.2) is 6.33 Å². The van der Waals surface area contributed by atoms with E-state index in [2.05, 4.69) is 30.7 Å². The molecule has 0 saturated carbocycles. The summed E-state index contributed by atoms with van der Waals surface area (Å²) >= 11 is 11.8. The lowest BCUT2D eigenvalue weighted by Gasteiger charge is -2.34. The van der Waals surface area contributed by atoms with Crippen molar-refractivity contribution < 1.29 is 0 Å². The number of anilines is 1. The lowest BCUT2D eigenvalue weighted by molar-refractivity contribution is 0.532. The van der Waals surface area contributed by atoms with Gasteiger partial charge < -0.3 is 4.90 Å². The highest BCUT2D eigenvalue weighted by Gasteiger charge is 2.22. The van der Waals surface area contributed by atoms with Gasteiger partial charge in [-0.2, -0.15) is 0 Å². The number of hydrogen-bond donors (Lipinski definition) is 0. The minimum absolute atomic E-state index is 0.0293. The quantitative estimate of drug-likeness (QED) is 0.594. The molecule has 0 N–H and O–H groups in total. The minimum Gasteiger partial charge on any atom is -0.354 e. The number of aromatic nitrogens is 2. The summed E-state index contributed by atoms with van der Waals surface area (Å²) in [5.41, 5.74) is 0.747. The molecular formula is C10H15Cl2N3. The van der Waals surface area contributed by atoms with Crippen molar-refractivity contribution in [3.8, 4) is 0 Å². The molecule has 0 atom stereocenters. The van der Waals surface area contributed by atoms with Crippen LogP contribution >= 0.6 is 23.2 Å². The molecule has 0 aromatic carbocycles. The van der Waals surface area contributed by atoms with E-state index in [1.807, 2.05) is 11.9 Å². The Hall–Kier alpha value is -0.540. The van der Waals surface area contributed by atoms with Crippen LogP contribution in [0.2, 0.25) is 5.15 Å². The summed E-state index contributed by atoms with van der Waals surface area (Å²) in [6, 6.07) is 0. The molecule has 0 unspecified atom stereocenters. The first-order chi connectivity index (χ1) is 6.88. The lowest BCUT2D eigenvalue weighted by atomic mass is 10.1. The maximum absolute atomic E-state index is 5.96. The average Bonchev–Trinajstić information content (AvgIpc) is 2.14. The average molecular weight is 248 g/mol. The Balaban J connectivity index is 3.20. The summed E-state index contributed by atoms with van der Waals surface area (Å²) in [6.07, 6.45) is 1.45. The lowest BCUT2D eigenvalue weighted by Crippen LogP contribution is -2.39. The van der Waals surface area contributed by atoms with Crippen LogP contribution in [0.4, 0.5) is 5.82 Å². The van der Waals surface area contributed by atoms with Crippen molar-refractivity contribution in [3.05, 3.63) is 17.0 Å². The normalized spacial score (nSPS) is 11.6. The van der Waals surface area contributed by atoms with E-state index in [9.17, 15) is 0 Å². The first kappa shape index (κ1) is 12.5. The van der Waals surface area contributed by atoms with Gasteiger partial charge in [-0.3, -0.25) is 0 Å². The Kier molecular flexibility index (Phi) is 3.79. The highest BCUT2D eigenvalue weighted by molar-refractivity contribution is 6.31. The Labute approximate surface area is 100 Å². The van der Waals surface area contributed by atoms with Crippen molar-refractivity contribution >= 4 is 29.0 Å². The summed E-state index contributed by atoms with van der Waals surface area (Å²) < 4.78 is 0. The fraction of sp³-hybridized carbons (Fsp3) is 0.600. The Bertz CT molecular complexity index is 347. The summed E-state index contributed by atoms with van der Waals surface area (Å²) in [4.78, 5) is 10.2. The van der Waals surface area contributed by atoms with E-state index in [4.69, 9.17) is 23.2 Å². The van der Waals surface area contributed by atoms with Crippen molar-refractivity contribution in [1.82, 2.24) is 9.97 Å². The third kappa shape index (κ3) is 2.73. The highest BCUT2D eigenvalue weighted by atomic mass is 35.5. The molecule has 0 aliphatic rings. The fourth-order valence-corrected chi connectivity index (χ4v) is 1.61. The van der Waals surface area contributed by atoms with E-state index in [0.29, 0.717) is 11.0 Å². The molecule has 0 spiro atoms. The third-order valence-electron chi connectivity index (χ3n) is 2.33. The van der Waals surface area contributed by atoms with Crippen LogP contribution in [0, 0.1) is 0 Å². The van der Waals surface area contributed by atoms with E-state index in [0.717, 1.165) is 11.4 Å². The van der Waals surface area contributed by atoms with Gasteiger partial charge in [0.15, 0.2) is 0 Å². The van der Waals surface area contributed by atoms with E-state index >= 15 is 0 Å². The van der Waals surface area contributed by atoms with E-state index in [1.165, 1.54) is 6.33 Å². The van der Waals surface area contributed by atoms with Crippen molar-refractivity contribution in [2.75, 3.05) is 11.9 Å². The number of alkyl halides is 1. The van der Waals surface area contributed by atoms with Gasteiger partial charge in [0.1, 0.15) is 17.3 Å². The van der Waals surface area contributed by atoms with Crippen LogP contribution in [0.25, 0.3) is 0 Å². The standard InChI is InChI=1S/C10H15Cl2N3/c1-10(2,3)15(4)9-7(5-11)8(12)13-6-14-9/h6H,5H2,1-4H3. The molecule has 84 valence electrons. The second-order valence-corrected chi connectivity index (χ2v) is 4.96. The molecule has 5 heteroatoms. The van der Waals surface area contributed by atoms with Crippen LogP contribution in [0.1, 0.15) is 26.3 Å². The number of halogens is 2. The van der Waals surface area contributed by atoms with Gasteiger partial charge in [0.25, 0.3) is 0 Å². The molecule has 1 heterocycles. The molecule has 1 aromatic heterocycles. The highest BCUT2D eigenvalue weighted by Crippen LogP contribution is 2.28. The van der Waals surface area contributed by atoms with Gasteiger partial charge in [-0.1, -0.05) is 11.6 Å². The third-order valence-corrected chi connectivity index (χ3v) is 2.92. The molecule has 1 rings (SSSR count). The summed E-state index contributed by atoms with van der Waals surface area (Å²) in [5.74, 6) is 1.10. The van der Waals surface area contributed by atoms with Gasteiger partial charge in [-0.05, 0) is 20.8 Å². The summed E-state index contributed by atoms with van der Waals surface area (Å²) in [6.45, 7) is 6.29. The molecule has 3 nitrogen and oxygen atoms in total. The summed E-state index contributed by atoms with van der Waals surface area (Å²) in [7, 11) is 1.97. The summed E-state index contributed by atoms with van der Waals surface area (Å²) in [5, 5.41) is 0.422. The Morgan fingerprint density at radius 1 is 1.33 bits per heavy atom. The fourth-order valence-electron chi connectivity index (χ4n) is 1.10. The van der Waals surface area contributed by atoms with E-state index < -0.39 is 0 Å². The Morgan fingerprint density at radius 3 is 2.40 bits per heavy atom. The molecule has 0 bridgehead atoms. The molecule has 15 heavy (non-hydrogen) atoms. The van der Waals surface area contributed by atoms with Crippen molar-refractivity contribution in [2.24, 2.45) is 0 Å². The predicted molar refractivity (Wildman–Crippen MR) is 64.8 cm³/mol. The van der Waals surface area contributed by atoms with Crippen LogP contribution in [-0.4, -0.2) is 22.6 Å². The smallest absolute Gasteiger partial charge is 0.138 e. The molecule has 0 saturated heterocycles. The van der Waals surface area contributed by atoms with Crippen molar-refractivity contribution in [2.45, 2.75) is 32.2 Å². The van der Waals surface area contributed by atoms with Gasteiger partial charge >= 0.3 is 0 Å². The SMILES string of the molecule is CN(c1ncnc(Cl)c1CCl)C(C)(C)C. The molecule has 0 aliphatic heterocycles. The van der Waals surface area contributed by atoms with E-state index in [-0.39, 0.29) is 5.54 Å². The minimum atomic E-state index is -0.0293. The van der Waals surface area contributed by atoms with Gasteiger partial charge in [0.05, 0.1) is 5.88 Å². The zero-order valence-electron chi connectivity index (χ0n) is 9.38. The maximum Gasteiger partial charge on any atom is 0.138 e. The van der Waals surface area contributed by atoms with Gasteiger partial charge in [0.2, 0.25) is 0 Å². The number of hydrogen-bond acceptors (Lipinski definition) is 3. The van der Waals surface area contributed by atoms with Gasteiger partial charge in [-0.15, -0.1) is 11.6 Å². The molecular weight excluding hydrogens is 233 g/mol. The van der Waals surface area contributed by atoms with Crippen LogP contribution < -0.4 is 4.90 Å². The van der Waals surface area contributed by atoms with Crippen molar-refractivity contribution in [3.63, 3.8) is 0 Å². The monoisotopic (exact) mass is 247 g/mol. The van der Waals surface area contributed by atoms with Crippen molar-refractivity contribution in [1.29, 1.82) is 0 Å². The molecule has 0 amide bonds. The molecule has 1 aromatic rings. The van der Waals surface area contributed by atoms with Crippen LogP contribution in [0.3, 0.4) is 0 Å². The first-order valence-corrected chi connectivity index (χ1v) is 5.58. The predicted octanol–water partition coefficient (Wildman–Crippen LogP) is 3.10. The van der Waals surface area contributed by atoms with E-state index in [1.54, 1.807) is 0 Å². The first-order valence-electron chi connectivity index (χ1n) is 4.67. The molecule has 0 fully saturated rings. The largest absolute Gasteiger partial charge is 0.354 e. The number of nitrogens with zero attached hydrogens (tertiary/aromatic N) is 3. The topological polar surface area (TPSA) is 29.0 Å². The maximum atomic E-state index is 5.96. The zero-order valence-corrected chi connectivity index (χ0v) is 10.9. The molecule has 0 radical (unpaired) electrons. The number of rotatable bonds is 2. The van der Waals surface area contributed by atoms with Crippen LogP contribution in [0.5, 0.6) is 0 Å². The molecule has 0 aliphatic carbocycles. The Morgan fingerprint density at radius 2 is 1.93 bits per heavy atom. The second kappa shape index (κ2) is 4.54. The van der Waals surface area contributed by atoms with Crippen LogP contribution in [-0.2, 0) is 5.88 Å².